The Kier molecular flexibility index (Phi) is 4.22. The Labute approximate surface area is 95.8 Å². The van der Waals surface area contributed by atoms with Gasteiger partial charge in [0.15, 0.2) is 0 Å². The summed E-state index contributed by atoms with van der Waals surface area (Å²) in [6, 6.07) is 0. The summed E-state index contributed by atoms with van der Waals surface area (Å²) in [5.41, 5.74) is 7.11. The predicted octanol–water partition coefficient (Wildman–Crippen LogP) is 4.11. The van der Waals surface area contributed by atoms with E-state index in [1.807, 2.05) is 0 Å². The summed E-state index contributed by atoms with van der Waals surface area (Å²) in [6.07, 6.45) is 8.97. The first-order chi connectivity index (χ1) is 6.87. The summed E-state index contributed by atoms with van der Waals surface area (Å²) in [6.45, 7) is 9.38. The van der Waals surface area contributed by atoms with E-state index in [1.165, 1.54) is 44.9 Å². The van der Waals surface area contributed by atoms with Gasteiger partial charge in [0.05, 0.1) is 0 Å². The van der Waals surface area contributed by atoms with E-state index in [4.69, 9.17) is 5.73 Å². The normalized spacial score (nSPS) is 33.8. The van der Waals surface area contributed by atoms with Gasteiger partial charge in [0.2, 0.25) is 0 Å². The minimum atomic E-state index is 0.161. The average Bonchev–Trinajstić information content (AvgIpc) is 2.26. The van der Waals surface area contributed by atoms with E-state index < -0.39 is 0 Å². The van der Waals surface area contributed by atoms with Crippen molar-refractivity contribution in [3.8, 4) is 0 Å². The lowest BCUT2D eigenvalue weighted by molar-refractivity contribution is 0.209. The topological polar surface area (TPSA) is 26.0 Å². The maximum absolute atomic E-state index is 6.48. The van der Waals surface area contributed by atoms with Crippen molar-refractivity contribution >= 4 is 0 Å². The molecule has 1 rings (SSSR count). The SMILES string of the molecule is CCCC1(N)CCCC(C(C)(C)C)CC1. The van der Waals surface area contributed by atoms with Gasteiger partial charge in [0.1, 0.15) is 0 Å². The van der Waals surface area contributed by atoms with Crippen molar-refractivity contribution in [3.05, 3.63) is 0 Å². The molecule has 1 nitrogen and oxygen atoms in total. The Morgan fingerprint density at radius 2 is 1.87 bits per heavy atom. The highest BCUT2D eigenvalue weighted by atomic mass is 14.7. The van der Waals surface area contributed by atoms with Crippen molar-refractivity contribution in [1.29, 1.82) is 0 Å². The Hall–Kier alpha value is -0.0400. The first-order valence-corrected chi connectivity index (χ1v) is 6.66. The van der Waals surface area contributed by atoms with Gasteiger partial charge < -0.3 is 5.73 Å². The molecular formula is C14H29N. The lowest BCUT2D eigenvalue weighted by Crippen LogP contribution is -2.39. The molecule has 2 atom stereocenters. The molecule has 0 amide bonds. The van der Waals surface area contributed by atoms with E-state index in [0.29, 0.717) is 5.41 Å². The Morgan fingerprint density at radius 3 is 2.40 bits per heavy atom. The smallest absolute Gasteiger partial charge is 0.0154 e. The molecule has 0 heterocycles. The number of hydrogen-bond donors (Lipinski definition) is 1. The third-order valence-electron chi connectivity index (χ3n) is 4.19. The fourth-order valence-corrected chi connectivity index (χ4v) is 3.05. The van der Waals surface area contributed by atoms with Gasteiger partial charge in [0.25, 0.3) is 0 Å². The highest BCUT2D eigenvalue weighted by molar-refractivity contribution is 4.89. The van der Waals surface area contributed by atoms with Crippen LogP contribution in [0.2, 0.25) is 0 Å². The zero-order valence-corrected chi connectivity index (χ0v) is 11.1. The quantitative estimate of drug-likeness (QED) is 0.683. The van der Waals surface area contributed by atoms with Crippen LogP contribution < -0.4 is 5.73 Å². The van der Waals surface area contributed by atoms with Crippen molar-refractivity contribution in [2.75, 3.05) is 0 Å². The van der Waals surface area contributed by atoms with Crippen LogP contribution in [0.4, 0.5) is 0 Å². The van der Waals surface area contributed by atoms with Gasteiger partial charge in [-0.05, 0) is 43.4 Å². The first-order valence-electron chi connectivity index (χ1n) is 6.66. The molecule has 2 unspecified atom stereocenters. The van der Waals surface area contributed by atoms with E-state index in [9.17, 15) is 0 Å². The van der Waals surface area contributed by atoms with Crippen LogP contribution in [0.25, 0.3) is 0 Å². The van der Waals surface area contributed by atoms with Gasteiger partial charge in [-0.25, -0.2) is 0 Å². The van der Waals surface area contributed by atoms with E-state index in [2.05, 4.69) is 27.7 Å². The molecule has 1 heteroatoms. The van der Waals surface area contributed by atoms with Crippen LogP contribution in [0, 0.1) is 11.3 Å². The Balaban J connectivity index is 2.55. The molecule has 0 aliphatic heterocycles. The van der Waals surface area contributed by atoms with Crippen molar-refractivity contribution in [1.82, 2.24) is 0 Å². The van der Waals surface area contributed by atoms with Crippen LogP contribution in [-0.2, 0) is 0 Å². The molecule has 1 aliphatic rings. The van der Waals surface area contributed by atoms with Crippen molar-refractivity contribution in [3.63, 3.8) is 0 Å². The van der Waals surface area contributed by atoms with Crippen LogP contribution >= 0.6 is 0 Å². The minimum absolute atomic E-state index is 0.161. The van der Waals surface area contributed by atoms with E-state index in [-0.39, 0.29) is 5.54 Å². The predicted molar refractivity (Wildman–Crippen MR) is 67.9 cm³/mol. The fraction of sp³-hybridized carbons (Fsp3) is 1.00. The monoisotopic (exact) mass is 211 g/mol. The van der Waals surface area contributed by atoms with E-state index in [0.717, 1.165) is 5.92 Å². The summed E-state index contributed by atoms with van der Waals surface area (Å²) >= 11 is 0. The van der Waals surface area contributed by atoms with Crippen LogP contribution in [0.3, 0.4) is 0 Å². The van der Waals surface area contributed by atoms with Gasteiger partial charge in [0, 0.05) is 5.54 Å². The molecule has 2 N–H and O–H groups in total. The maximum atomic E-state index is 6.48. The van der Waals surface area contributed by atoms with Crippen molar-refractivity contribution in [2.24, 2.45) is 17.1 Å². The van der Waals surface area contributed by atoms with E-state index in [1.54, 1.807) is 0 Å². The fourth-order valence-electron chi connectivity index (χ4n) is 3.05. The third-order valence-corrected chi connectivity index (χ3v) is 4.19. The molecule has 0 aromatic rings. The molecule has 0 saturated heterocycles. The van der Waals surface area contributed by atoms with Crippen LogP contribution in [0.15, 0.2) is 0 Å². The second-order valence-corrected chi connectivity index (χ2v) is 6.61. The van der Waals surface area contributed by atoms with Gasteiger partial charge in [-0.15, -0.1) is 0 Å². The highest BCUT2D eigenvalue weighted by Gasteiger charge is 2.32. The molecule has 0 bridgehead atoms. The molecule has 1 aliphatic carbocycles. The van der Waals surface area contributed by atoms with Gasteiger partial charge in [-0.3, -0.25) is 0 Å². The summed E-state index contributed by atoms with van der Waals surface area (Å²) in [5, 5.41) is 0. The van der Waals surface area contributed by atoms with Gasteiger partial charge in [-0.1, -0.05) is 40.5 Å². The van der Waals surface area contributed by atoms with Crippen molar-refractivity contribution in [2.45, 2.75) is 78.2 Å². The van der Waals surface area contributed by atoms with Crippen LogP contribution in [0.5, 0.6) is 0 Å². The standard InChI is InChI=1S/C14H29N/c1-5-9-14(15)10-6-7-12(8-11-14)13(2,3)4/h12H,5-11,15H2,1-4H3. The number of rotatable bonds is 2. The summed E-state index contributed by atoms with van der Waals surface area (Å²) < 4.78 is 0. The van der Waals surface area contributed by atoms with Crippen molar-refractivity contribution < 1.29 is 0 Å². The maximum Gasteiger partial charge on any atom is 0.0154 e. The first kappa shape index (κ1) is 13.0. The Morgan fingerprint density at radius 1 is 1.20 bits per heavy atom. The van der Waals surface area contributed by atoms with Crippen LogP contribution in [0.1, 0.15) is 72.6 Å². The van der Waals surface area contributed by atoms with E-state index >= 15 is 0 Å². The highest BCUT2D eigenvalue weighted by Crippen LogP contribution is 2.40. The molecular weight excluding hydrogens is 182 g/mol. The summed E-state index contributed by atoms with van der Waals surface area (Å²) in [4.78, 5) is 0. The van der Waals surface area contributed by atoms with Crippen LogP contribution in [-0.4, -0.2) is 5.54 Å². The van der Waals surface area contributed by atoms with Gasteiger partial charge in [-0.2, -0.15) is 0 Å². The molecule has 1 saturated carbocycles. The summed E-state index contributed by atoms with van der Waals surface area (Å²) in [7, 11) is 0. The number of hydrogen-bond acceptors (Lipinski definition) is 1. The molecule has 15 heavy (non-hydrogen) atoms. The average molecular weight is 211 g/mol. The molecule has 0 radical (unpaired) electrons. The second kappa shape index (κ2) is 4.86. The molecule has 1 fully saturated rings. The lowest BCUT2D eigenvalue weighted by Gasteiger charge is -2.31. The Bertz CT molecular complexity index is 192. The third kappa shape index (κ3) is 3.79. The molecule has 90 valence electrons. The lowest BCUT2D eigenvalue weighted by atomic mass is 9.76. The molecule has 0 spiro atoms. The minimum Gasteiger partial charge on any atom is -0.325 e. The summed E-state index contributed by atoms with van der Waals surface area (Å²) in [5.74, 6) is 0.875. The molecule has 0 aromatic carbocycles. The zero-order chi connectivity index (χ0) is 11.5. The largest absolute Gasteiger partial charge is 0.325 e. The van der Waals surface area contributed by atoms with Gasteiger partial charge >= 0.3 is 0 Å². The second-order valence-electron chi connectivity index (χ2n) is 6.61. The number of nitrogens with two attached hydrogens (primary N) is 1. The molecule has 0 aromatic heterocycles. The zero-order valence-electron chi connectivity index (χ0n) is 11.1.